The maximum atomic E-state index is 12.4. The molecule has 0 fully saturated rings. The summed E-state index contributed by atoms with van der Waals surface area (Å²) in [4.78, 5) is 0. The van der Waals surface area contributed by atoms with Gasteiger partial charge in [-0.3, -0.25) is 0 Å². The van der Waals surface area contributed by atoms with Crippen LogP contribution >= 0.6 is 0 Å². The van der Waals surface area contributed by atoms with Crippen molar-refractivity contribution in [3.05, 3.63) is 35.9 Å². The van der Waals surface area contributed by atoms with Crippen molar-refractivity contribution in [2.24, 2.45) is 0 Å². The van der Waals surface area contributed by atoms with Crippen molar-refractivity contribution in [2.45, 2.75) is 13.3 Å². The number of allylic oxidation sites excluding steroid dienone is 1. The first-order chi connectivity index (χ1) is 6.56. The third kappa shape index (κ3) is 2.10. The van der Waals surface area contributed by atoms with Gasteiger partial charge in [0.25, 0.3) is 6.43 Å². The van der Waals surface area contributed by atoms with Crippen LogP contribution in [-0.4, -0.2) is 13.5 Å². The second kappa shape index (κ2) is 4.22. The van der Waals surface area contributed by atoms with Crippen LogP contribution in [0, 0.1) is 6.92 Å². The molecule has 1 aromatic rings. The van der Waals surface area contributed by atoms with Crippen molar-refractivity contribution in [3.8, 4) is 0 Å². The van der Waals surface area contributed by atoms with Gasteiger partial charge in [-0.05, 0) is 19.1 Å². The Morgan fingerprint density at radius 1 is 1.43 bits per heavy atom. The minimum atomic E-state index is -2.51. The molecule has 3 heteroatoms. The van der Waals surface area contributed by atoms with Crippen LogP contribution in [0.4, 0.5) is 14.5 Å². The zero-order chi connectivity index (χ0) is 10.7. The largest absolute Gasteiger partial charge is 0.388 e. The lowest BCUT2D eigenvalue weighted by Gasteiger charge is -2.11. The topological polar surface area (TPSA) is 12.0 Å². The molecular formula is C11H13F2N. The molecule has 0 unspecified atom stereocenters. The van der Waals surface area contributed by atoms with Crippen LogP contribution in [0.15, 0.2) is 24.8 Å². The maximum absolute atomic E-state index is 12.4. The van der Waals surface area contributed by atoms with Crippen LogP contribution in [0.2, 0.25) is 0 Å². The number of nitrogens with one attached hydrogen (secondary N) is 1. The van der Waals surface area contributed by atoms with Crippen molar-refractivity contribution in [3.63, 3.8) is 0 Å². The monoisotopic (exact) mass is 197 g/mol. The van der Waals surface area contributed by atoms with Crippen molar-refractivity contribution < 1.29 is 8.78 Å². The van der Waals surface area contributed by atoms with Gasteiger partial charge in [0, 0.05) is 23.9 Å². The lowest BCUT2D eigenvalue weighted by molar-refractivity contribution is 0.215. The summed E-state index contributed by atoms with van der Waals surface area (Å²) in [5.74, 6) is 0. The number of halogens is 2. The second-order valence-electron chi connectivity index (χ2n) is 3.12. The zero-order valence-electron chi connectivity index (χ0n) is 8.27. The molecule has 0 atom stereocenters. The van der Waals surface area contributed by atoms with E-state index >= 15 is 0 Å². The van der Waals surface area contributed by atoms with E-state index in [2.05, 4.69) is 11.9 Å². The SMILES string of the molecule is C=C(c1cc(C)ccc1NC)C(F)F. The summed E-state index contributed by atoms with van der Waals surface area (Å²) in [6.07, 6.45) is -2.51. The van der Waals surface area contributed by atoms with Gasteiger partial charge in [0.15, 0.2) is 0 Å². The first-order valence-electron chi connectivity index (χ1n) is 4.32. The summed E-state index contributed by atoms with van der Waals surface area (Å²) in [5, 5.41) is 2.86. The van der Waals surface area contributed by atoms with Crippen LogP contribution in [0.1, 0.15) is 11.1 Å². The molecule has 0 aromatic heterocycles. The smallest absolute Gasteiger partial charge is 0.263 e. The molecule has 0 aliphatic heterocycles. The highest BCUT2D eigenvalue weighted by atomic mass is 19.3. The van der Waals surface area contributed by atoms with Gasteiger partial charge in [-0.15, -0.1) is 0 Å². The van der Waals surface area contributed by atoms with Gasteiger partial charge in [-0.1, -0.05) is 18.2 Å². The van der Waals surface area contributed by atoms with Crippen LogP contribution in [0.5, 0.6) is 0 Å². The van der Waals surface area contributed by atoms with Crippen molar-refractivity contribution >= 4 is 11.3 Å². The average molecular weight is 197 g/mol. The highest BCUT2D eigenvalue weighted by Gasteiger charge is 2.13. The molecule has 0 heterocycles. The lowest BCUT2D eigenvalue weighted by atomic mass is 10.0. The molecule has 14 heavy (non-hydrogen) atoms. The summed E-state index contributed by atoms with van der Waals surface area (Å²) in [6.45, 7) is 5.25. The summed E-state index contributed by atoms with van der Waals surface area (Å²) in [5.41, 5.74) is 1.97. The summed E-state index contributed by atoms with van der Waals surface area (Å²) < 4.78 is 24.9. The molecule has 0 amide bonds. The number of hydrogen-bond acceptors (Lipinski definition) is 1. The van der Waals surface area contributed by atoms with Gasteiger partial charge in [0.05, 0.1) is 0 Å². The predicted molar refractivity (Wildman–Crippen MR) is 55.8 cm³/mol. The molecule has 0 bridgehead atoms. The third-order valence-corrected chi connectivity index (χ3v) is 2.05. The Morgan fingerprint density at radius 3 is 2.57 bits per heavy atom. The van der Waals surface area contributed by atoms with E-state index in [1.165, 1.54) is 0 Å². The molecular weight excluding hydrogens is 184 g/mol. The Hall–Kier alpha value is -1.38. The van der Waals surface area contributed by atoms with Crippen LogP contribution in [0.3, 0.4) is 0 Å². The molecule has 0 aliphatic carbocycles. The maximum Gasteiger partial charge on any atom is 0.263 e. The standard InChI is InChI=1S/C11H13F2N/c1-7-4-5-10(14-3)9(6-7)8(2)11(12)13/h4-6,11,14H,2H2,1,3H3. The third-order valence-electron chi connectivity index (χ3n) is 2.05. The summed E-state index contributed by atoms with van der Waals surface area (Å²) >= 11 is 0. The molecule has 1 nitrogen and oxygen atoms in total. The molecule has 0 aliphatic rings. The van der Waals surface area contributed by atoms with Gasteiger partial charge in [-0.25, -0.2) is 8.78 Å². The van der Waals surface area contributed by atoms with Crippen LogP contribution < -0.4 is 5.32 Å². The van der Waals surface area contributed by atoms with Crippen molar-refractivity contribution in [2.75, 3.05) is 12.4 Å². The number of anilines is 1. The quantitative estimate of drug-likeness (QED) is 0.783. The van der Waals surface area contributed by atoms with Crippen LogP contribution in [0.25, 0.3) is 5.57 Å². The van der Waals surface area contributed by atoms with E-state index in [0.29, 0.717) is 11.3 Å². The lowest BCUT2D eigenvalue weighted by Crippen LogP contribution is -2.00. The molecule has 1 N–H and O–H groups in total. The Bertz CT molecular complexity index is 345. The Morgan fingerprint density at radius 2 is 2.07 bits per heavy atom. The van der Waals surface area contributed by atoms with Crippen molar-refractivity contribution in [1.82, 2.24) is 0 Å². The van der Waals surface area contributed by atoms with Gasteiger partial charge < -0.3 is 5.32 Å². The first kappa shape index (κ1) is 10.7. The second-order valence-corrected chi connectivity index (χ2v) is 3.12. The highest BCUT2D eigenvalue weighted by Crippen LogP contribution is 2.27. The number of rotatable bonds is 3. The van der Waals surface area contributed by atoms with E-state index in [0.717, 1.165) is 5.56 Å². The highest BCUT2D eigenvalue weighted by molar-refractivity contribution is 5.76. The van der Waals surface area contributed by atoms with Crippen LogP contribution in [-0.2, 0) is 0 Å². The summed E-state index contributed by atoms with van der Waals surface area (Å²) in [7, 11) is 1.70. The van der Waals surface area contributed by atoms with E-state index in [4.69, 9.17) is 0 Å². The fraction of sp³-hybridized carbons (Fsp3) is 0.273. The molecule has 76 valence electrons. The number of alkyl halides is 2. The van der Waals surface area contributed by atoms with Gasteiger partial charge in [0.1, 0.15) is 0 Å². The molecule has 0 spiro atoms. The molecule has 1 aromatic carbocycles. The Balaban J connectivity index is 3.17. The fourth-order valence-corrected chi connectivity index (χ4v) is 1.26. The Kier molecular flexibility index (Phi) is 3.23. The van der Waals surface area contributed by atoms with E-state index in [-0.39, 0.29) is 5.57 Å². The zero-order valence-corrected chi connectivity index (χ0v) is 8.27. The number of benzene rings is 1. The number of hydrogen-bond donors (Lipinski definition) is 1. The van der Waals surface area contributed by atoms with E-state index < -0.39 is 6.43 Å². The average Bonchev–Trinajstić information content (AvgIpc) is 2.16. The van der Waals surface area contributed by atoms with E-state index in [1.807, 2.05) is 13.0 Å². The van der Waals surface area contributed by atoms with Crippen molar-refractivity contribution in [1.29, 1.82) is 0 Å². The van der Waals surface area contributed by atoms with E-state index in [9.17, 15) is 8.78 Å². The number of aryl methyl sites for hydroxylation is 1. The minimum absolute atomic E-state index is 0.141. The predicted octanol–water partition coefficient (Wildman–Crippen LogP) is 3.32. The van der Waals surface area contributed by atoms with Gasteiger partial charge in [-0.2, -0.15) is 0 Å². The summed E-state index contributed by atoms with van der Waals surface area (Å²) in [6, 6.07) is 5.35. The molecule has 0 saturated heterocycles. The molecule has 0 saturated carbocycles. The molecule has 1 rings (SSSR count). The molecule has 0 radical (unpaired) electrons. The van der Waals surface area contributed by atoms with Gasteiger partial charge >= 0.3 is 0 Å². The minimum Gasteiger partial charge on any atom is -0.388 e. The first-order valence-corrected chi connectivity index (χ1v) is 4.32. The van der Waals surface area contributed by atoms with E-state index in [1.54, 1.807) is 19.2 Å². The Labute approximate surface area is 82.4 Å². The fourth-order valence-electron chi connectivity index (χ4n) is 1.26. The normalized spacial score (nSPS) is 10.4. The van der Waals surface area contributed by atoms with Gasteiger partial charge in [0.2, 0.25) is 0 Å².